The van der Waals surface area contributed by atoms with Gasteiger partial charge in [0, 0.05) is 11.3 Å². The lowest BCUT2D eigenvalue weighted by molar-refractivity contribution is 0.0939. The maximum atomic E-state index is 12.7. The number of nitrogens with two attached hydrogens (primary N) is 1. The first-order valence-electron chi connectivity index (χ1n) is 9.17. The van der Waals surface area contributed by atoms with Crippen molar-refractivity contribution in [1.82, 2.24) is 15.1 Å². The molecule has 152 valence electrons. The van der Waals surface area contributed by atoms with Gasteiger partial charge in [-0.15, -0.1) is 0 Å². The second kappa shape index (κ2) is 8.18. The monoisotopic (exact) mass is 412 g/mol. The summed E-state index contributed by atoms with van der Waals surface area (Å²) in [6.45, 7) is 6.31. The Bertz CT molecular complexity index is 1150. The molecule has 1 aromatic heterocycles. The Hall–Kier alpha value is -2.97. The summed E-state index contributed by atoms with van der Waals surface area (Å²) in [4.78, 5) is 12.7. The number of nitrogens with one attached hydrogen (secondary N) is 1. The van der Waals surface area contributed by atoms with E-state index in [9.17, 15) is 13.2 Å². The molecule has 2 aromatic carbocycles. The minimum Gasteiger partial charge on any atom is -0.346 e. The van der Waals surface area contributed by atoms with Gasteiger partial charge in [0.25, 0.3) is 5.91 Å². The van der Waals surface area contributed by atoms with E-state index in [-0.39, 0.29) is 16.8 Å². The minimum absolute atomic E-state index is 0.0167. The van der Waals surface area contributed by atoms with Crippen LogP contribution in [-0.4, -0.2) is 24.1 Å². The highest BCUT2D eigenvalue weighted by Gasteiger charge is 2.15. The van der Waals surface area contributed by atoms with Crippen LogP contribution in [0.1, 0.15) is 45.8 Å². The lowest BCUT2D eigenvalue weighted by Crippen LogP contribution is -2.27. The van der Waals surface area contributed by atoms with Gasteiger partial charge in [-0.3, -0.25) is 9.48 Å². The number of amides is 1. The molecule has 0 fully saturated rings. The second-order valence-electron chi connectivity index (χ2n) is 7.10. The highest BCUT2D eigenvalue weighted by molar-refractivity contribution is 7.89. The summed E-state index contributed by atoms with van der Waals surface area (Å²) in [6.07, 6.45) is 0. The average Bonchev–Trinajstić information content (AvgIpc) is 2.98. The van der Waals surface area contributed by atoms with Gasteiger partial charge < -0.3 is 5.32 Å². The van der Waals surface area contributed by atoms with Crippen molar-refractivity contribution in [2.24, 2.45) is 5.14 Å². The van der Waals surface area contributed by atoms with Crippen LogP contribution in [0.5, 0.6) is 0 Å². The predicted molar refractivity (Wildman–Crippen MR) is 111 cm³/mol. The Morgan fingerprint density at radius 3 is 2.52 bits per heavy atom. The standard InChI is InChI=1S/C21H24N4O3S/c1-14-10-15(2)25(24-14)13-17-6-4-8-19(11-17)21(26)23-16(3)18-7-5-9-20(12-18)29(22,27)28/h4-12,16H,13H2,1-3H3,(H,23,26)(H2,22,27,28). The number of carbonyl (C=O) groups excluding carboxylic acids is 1. The molecule has 29 heavy (non-hydrogen) atoms. The van der Waals surface area contributed by atoms with Crippen molar-refractivity contribution in [3.63, 3.8) is 0 Å². The smallest absolute Gasteiger partial charge is 0.251 e. The number of benzene rings is 2. The summed E-state index contributed by atoms with van der Waals surface area (Å²) >= 11 is 0. The van der Waals surface area contributed by atoms with E-state index in [4.69, 9.17) is 5.14 Å². The summed E-state index contributed by atoms with van der Waals surface area (Å²) in [5, 5.41) is 12.5. The molecule has 1 amide bonds. The molecular formula is C21H24N4O3S. The van der Waals surface area contributed by atoms with Crippen LogP contribution in [0.2, 0.25) is 0 Å². The third-order valence-electron chi connectivity index (χ3n) is 4.66. The van der Waals surface area contributed by atoms with Crippen LogP contribution in [-0.2, 0) is 16.6 Å². The fraction of sp³-hybridized carbons (Fsp3) is 0.238. The van der Waals surface area contributed by atoms with Crippen LogP contribution in [0, 0.1) is 13.8 Å². The van der Waals surface area contributed by atoms with Gasteiger partial charge in [0.05, 0.1) is 23.2 Å². The number of nitrogens with zero attached hydrogens (tertiary/aromatic N) is 2. The van der Waals surface area contributed by atoms with E-state index in [2.05, 4.69) is 10.4 Å². The molecule has 0 spiro atoms. The molecule has 0 aliphatic carbocycles. The summed E-state index contributed by atoms with van der Waals surface area (Å²) in [7, 11) is -3.80. The number of hydrogen-bond donors (Lipinski definition) is 2. The van der Waals surface area contributed by atoms with Crippen LogP contribution in [0.4, 0.5) is 0 Å². The van der Waals surface area contributed by atoms with Gasteiger partial charge >= 0.3 is 0 Å². The molecule has 0 aliphatic rings. The number of carbonyl (C=O) groups is 1. The van der Waals surface area contributed by atoms with E-state index in [1.54, 1.807) is 25.1 Å². The van der Waals surface area contributed by atoms with E-state index in [1.807, 2.05) is 42.8 Å². The van der Waals surface area contributed by atoms with Crippen LogP contribution in [0.3, 0.4) is 0 Å². The minimum atomic E-state index is -3.80. The number of sulfonamides is 1. The second-order valence-corrected chi connectivity index (χ2v) is 8.66. The van der Waals surface area contributed by atoms with Crippen molar-refractivity contribution < 1.29 is 13.2 Å². The molecule has 3 N–H and O–H groups in total. The van der Waals surface area contributed by atoms with Crippen molar-refractivity contribution in [1.29, 1.82) is 0 Å². The number of primary sulfonamides is 1. The third kappa shape index (κ3) is 5.10. The van der Waals surface area contributed by atoms with E-state index in [0.29, 0.717) is 17.7 Å². The van der Waals surface area contributed by atoms with Gasteiger partial charge in [0.1, 0.15) is 0 Å². The molecule has 3 rings (SSSR count). The van der Waals surface area contributed by atoms with Crippen LogP contribution >= 0.6 is 0 Å². The molecular weight excluding hydrogens is 388 g/mol. The topological polar surface area (TPSA) is 107 Å². The van der Waals surface area contributed by atoms with Crippen molar-refractivity contribution in [2.45, 2.75) is 38.3 Å². The Morgan fingerprint density at radius 2 is 1.86 bits per heavy atom. The number of aromatic nitrogens is 2. The molecule has 7 nitrogen and oxygen atoms in total. The van der Waals surface area contributed by atoms with Crippen LogP contribution < -0.4 is 10.5 Å². The fourth-order valence-electron chi connectivity index (χ4n) is 3.14. The fourth-order valence-corrected chi connectivity index (χ4v) is 3.71. The Morgan fingerprint density at radius 1 is 1.14 bits per heavy atom. The van der Waals surface area contributed by atoms with E-state index in [0.717, 1.165) is 17.0 Å². The van der Waals surface area contributed by atoms with Crippen LogP contribution in [0.25, 0.3) is 0 Å². The normalized spacial score (nSPS) is 12.6. The zero-order valence-electron chi connectivity index (χ0n) is 16.6. The Kier molecular flexibility index (Phi) is 5.86. The quantitative estimate of drug-likeness (QED) is 0.649. The predicted octanol–water partition coefficient (Wildman–Crippen LogP) is 2.69. The molecule has 0 radical (unpaired) electrons. The van der Waals surface area contributed by atoms with E-state index < -0.39 is 10.0 Å². The SMILES string of the molecule is Cc1cc(C)n(Cc2cccc(C(=O)NC(C)c3cccc(S(N)(=O)=O)c3)c2)n1. The highest BCUT2D eigenvalue weighted by atomic mass is 32.2. The summed E-state index contributed by atoms with van der Waals surface area (Å²) in [6, 6.07) is 15.2. The molecule has 8 heteroatoms. The molecule has 1 heterocycles. The zero-order chi connectivity index (χ0) is 21.2. The largest absolute Gasteiger partial charge is 0.346 e. The lowest BCUT2D eigenvalue weighted by Gasteiger charge is -2.15. The lowest BCUT2D eigenvalue weighted by atomic mass is 10.1. The molecule has 0 aliphatic heterocycles. The maximum absolute atomic E-state index is 12.7. The van der Waals surface area contributed by atoms with Crippen LogP contribution in [0.15, 0.2) is 59.5 Å². The van der Waals surface area contributed by atoms with Gasteiger partial charge in [-0.25, -0.2) is 13.6 Å². The van der Waals surface area contributed by atoms with Gasteiger partial charge in [-0.05, 0) is 62.2 Å². The molecule has 3 aromatic rings. The van der Waals surface area contributed by atoms with Crippen molar-refractivity contribution in [3.05, 3.63) is 82.7 Å². The third-order valence-corrected chi connectivity index (χ3v) is 5.57. The number of aryl methyl sites for hydroxylation is 2. The van der Waals surface area contributed by atoms with Gasteiger partial charge in [0.2, 0.25) is 10.0 Å². The molecule has 0 saturated carbocycles. The van der Waals surface area contributed by atoms with Gasteiger partial charge in [-0.2, -0.15) is 5.10 Å². The van der Waals surface area contributed by atoms with Gasteiger partial charge in [-0.1, -0.05) is 24.3 Å². The first kappa shape index (κ1) is 20.8. The Labute approximate surface area is 170 Å². The Balaban J connectivity index is 1.75. The molecule has 0 bridgehead atoms. The average molecular weight is 413 g/mol. The molecule has 1 atom stereocenters. The summed E-state index contributed by atoms with van der Waals surface area (Å²) in [5.74, 6) is -0.242. The van der Waals surface area contributed by atoms with E-state index >= 15 is 0 Å². The molecule has 1 unspecified atom stereocenters. The number of rotatable bonds is 6. The maximum Gasteiger partial charge on any atom is 0.251 e. The van der Waals surface area contributed by atoms with Crippen molar-refractivity contribution >= 4 is 15.9 Å². The zero-order valence-corrected chi connectivity index (χ0v) is 17.4. The van der Waals surface area contributed by atoms with E-state index in [1.165, 1.54) is 12.1 Å². The first-order chi connectivity index (χ1) is 13.6. The van der Waals surface area contributed by atoms with Crippen molar-refractivity contribution in [2.75, 3.05) is 0 Å². The summed E-state index contributed by atoms with van der Waals surface area (Å²) < 4.78 is 25.0. The summed E-state index contributed by atoms with van der Waals surface area (Å²) in [5.41, 5.74) is 4.16. The van der Waals surface area contributed by atoms with Gasteiger partial charge in [0.15, 0.2) is 0 Å². The first-order valence-corrected chi connectivity index (χ1v) is 10.7. The van der Waals surface area contributed by atoms with Crippen molar-refractivity contribution in [3.8, 4) is 0 Å². The number of hydrogen-bond acceptors (Lipinski definition) is 4. The molecule has 0 saturated heterocycles. The highest BCUT2D eigenvalue weighted by Crippen LogP contribution is 2.18.